The van der Waals surface area contributed by atoms with Gasteiger partial charge in [-0.25, -0.2) is 13.2 Å². The summed E-state index contributed by atoms with van der Waals surface area (Å²) < 4.78 is 29.9. The average molecular weight is 379 g/mol. The van der Waals surface area contributed by atoms with Gasteiger partial charge in [-0.05, 0) is 38.5 Å². The Morgan fingerprint density at radius 2 is 1.88 bits per heavy atom. The number of benzene rings is 1. The fraction of sp³-hybridized carbons (Fsp3) is 0.353. The van der Waals surface area contributed by atoms with Gasteiger partial charge in [0.15, 0.2) is 16.4 Å². The number of aromatic nitrogens is 2. The summed E-state index contributed by atoms with van der Waals surface area (Å²) in [5.41, 5.74) is 2.67. The van der Waals surface area contributed by atoms with Crippen LogP contribution < -0.4 is 5.32 Å². The number of anilines is 1. The van der Waals surface area contributed by atoms with Gasteiger partial charge in [0, 0.05) is 13.3 Å². The van der Waals surface area contributed by atoms with Crippen LogP contribution >= 0.6 is 0 Å². The Balaban J connectivity index is 2.08. The molecule has 8 nitrogen and oxygen atoms in total. The van der Waals surface area contributed by atoms with Crippen LogP contribution in [0.2, 0.25) is 0 Å². The lowest BCUT2D eigenvalue weighted by Gasteiger charge is -2.09. The summed E-state index contributed by atoms with van der Waals surface area (Å²) in [7, 11) is -1.69. The van der Waals surface area contributed by atoms with Crippen molar-refractivity contribution in [3.05, 3.63) is 40.7 Å². The number of sulfone groups is 1. The minimum absolute atomic E-state index is 0.0149. The maximum Gasteiger partial charge on any atom is 0.338 e. The van der Waals surface area contributed by atoms with Crippen LogP contribution in [0, 0.1) is 20.8 Å². The molecule has 0 bridgehead atoms. The monoisotopic (exact) mass is 379 g/mol. The first-order valence-corrected chi connectivity index (χ1v) is 9.67. The van der Waals surface area contributed by atoms with Crippen LogP contribution in [-0.4, -0.2) is 42.9 Å². The normalized spacial score (nSPS) is 11.3. The van der Waals surface area contributed by atoms with Crippen LogP contribution in [0.25, 0.3) is 0 Å². The van der Waals surface area contributed by atoms with E-state index in [0.29, 0.717) is 16.9 Å². The first-order valence-electron chi connectivity index (χ1n) is 7.78. The smallest absolute Gasteiger partial charge is 0.338 e. The number of hydrogen-bond acceptors (Lipinski definition) is 6. The Morgan fingerprint density at radius 1 is 1.23 bits per heavy atom. The van der Waals surface area contributed by atoms with Crippen LogP contribution in [0.3, 0.4) is 0 Å². The highest BCUT2D eigenvalue weighted by atomic mass is 32.2. The third kappa shape index (κ3) is 4.29. The fourth-order valence-corrected chi connectivity index (χ4v) is 3.04. The second-order valence-corrected chi connectivity index (χ2v) is 8.06. The van der Waals surface area contributed by atoms with Gasteiger partial charge in [-0.2, -0.15) is 5.10 Å². The molecule has 0 atom stereocenters. The quantitative estimate of drug-likeness (QED) is 0.790. The van der Waals surface area contributed by atoms with Crippen molar-refractivity contribution in [3.8, 4) is 0 Å². The third-order valence-corrected chi connectivity index (χ3v) is 5.08. The zero-order valence-corrected chi connectivity index (χ0v) is 16.1. The van der Waals surface area contributed by atoms with E-state index in [2.05, 4.69) is 10.4 Å². The van der Waals surface area contributed by atoms with Crippen molar-refractivity contribution in [1.82, 2.24) is 9.78 Å². The van der Waals surface area contributed by atoms with E-state index in [1.807, 2.05) is 6.92 Å². The Labute approximate surface area is 152 Å². The molecule has 26 heavy (non-hydrogen) atoms. The number of esters is 1. The highest BCUT2D eigenvalue weighted by Gasteiger charge is 2.18. The van der Waals surface area contributed by atoms with E-state index in [-0.39, 0.29) is 10.5 Å². The molecule has 1 amide bonds. The lowest BCUT2D eigenvalue weighted by molar-refractivity contribution is -0.119. The number of nitrogens with one attached hydrogen (secondary N) is 1. The van der Waals surface area contributed by atoms with Crippen molar-refractivity contribution in [2.24, 2.45) is 7.05 Å². The second-order valence-electron chi connectivity index (χ2n) is 6.04. The fourth-order valence-electron chi connectivity index (χ4n) is 2.39. The van der Waals surface area contributed by atoms with Gasteiger partial charge in [0.1, 0.15) is 0 Å². The Bertz CT molecular complexity index is 977. The van der Waals surface area contributed by atoms with Crippen molar-refractivity contribution >= 4 is 27.4 Å². The molecule has 2 aromatic rings. The molecule has 2 rings (SSSR count). The summed E-state index contributed by atoms with van der Waals surface area (Å²) in [5, 5.41) is 6.85. The van der Waals surface area contributed by atoms with Crippen LogP contribution in [0.15, 0.2) is 23.1 Å². The van der Waals surface area contributed by atoms with Gasteiger partial charge in [-0.3, -0.25) is 9.48 Å². The molecular formula is C17H21N3O5S. The van der Waals surface area contributed by atoms with E-state index in [9.17, 15) is 18.0 Å². The summed E-state index contributed by atoms with van der Waals surface area (Å²) in [5.74, 6) is -1.27. The van der Waals surface area contributed by atoms with E-state index in [0.717, 1.165) is 11.9 Å². The molecule has 0 aliphatic heterocycles. The van der Waals surface area contributed by atoms with E-state index < -0.39 is 28.3 Å². The van der Waals surface area contributed by atoms with Gasteiger partial charge in [-0.1, -0.05) is 6.07 Å². The standard InChI is InChI=1S/C17H21N3O5S/c1-10-6-7-13(26(5,23)24)8-14(10)17(22)25-9-15(21)18-16-11(2)19-20(4)12(16)3/h6-8H,9H2,1-5H3,(H,18,21). The minimum atomic E-state index is -3.45. The first-order chi connectivity index (χ1) is 12.0. The average Bonchev–Trinajstić information content (AvgIpc) is 2.78. The first kappa shape index (κ1) is 19.6. The summed E-state index contributed by atoms with van der Waals surface area (Å²) in [6.45, 7) is 4.73. The SMILES string of the molecule is Cc1ccc(S(C)(=O)=O)cc1C(=O)OCC(=O)Nc1c(C)nn(C)c1C. The predicted molar refractivity (Wildman–Crippen MR) is 95.9 cm³/mol. The zero-order chi connectivity index (χ0) is 19.6. The molecule has 0 aliphatic carbocycles. The van der Waals surface area contributed by atoms with Crippen molar-refractivity contribution in [1.29, 1.82) is 0 Å². The molecule has 1 aromatic carbocycles. The van der Waals surface area contributed by atoms with E-state index in [1.165, 1.54) is 18.2 Å². The maximum absolute atomic E-state index is 12.2. The van der Waals surface area contributed by atoms with Gasteiger partial charge < -0.3 is 10.1 Å². The summed E-state index contributed by atoms with van der Waals surface area (Å²) in [6, 6.07) is 4.19. The zero-order valence-electron chi connectivity index (χ0n) is 15.3. The number of nitrogens with zero attached hydrogens (tertiary/aromatic N) is 2. The van der Waals surface area contributed by atoms with Gasteiger partial charge in [0.25, 0.3) is 5.91 Å². The summed E-state index contributed by atoms with van der Waals surface area (Å²) >= 11 is 0. The summed E-state index contributed by atoms with van der Waals surface area (Å²) in [6.07, 6.45) is 1.05. The molecule has 0 saturated carbocycles. The van der Waals surface area contributed by atoms with Crippen LogP contribution in [0.1, 0.15) is 27.3 Å². The molecule has 0 radical (unpaired) electrons. The topological polar surface area (TPSA) is 107 Å². The van der Waals surface area contributed by atoms with Gasteiger partial charge in [-0.15, -0.1) is 0 Å². The molecule has 1 N–H and O–H groups in total. The van der Waals surface area contributed by atoms with Gasteiger partial charge in [0.2, 0.25) is 0 Å². The largest absolute Gasteiger partial charge is 0.452 e. The van der Waals surface area contributed by atoms with E-state index in [4.69, 9.17) is 4.74 Å². The van der Waals surface area contributed by atoms with E-state index in [1.54, 1.807) is 25.6 Å². The van der Waals surface area contributed by atoms with Crippen LogP contribution in [-0.2, 0) is 26.4 Å². The molecule has 0 fully saturated rings. The number of aryl methyl sites for hydroxylation is 3. The number of amides is 1. The number of ether oxygens (including phenoxy) is 1. The molecule has 0 aliphatic rings. The highest BCUT2D eigenvalue weighted by molar-refractivity contribution is 7.90. The minimum Gasteiger partial charge on any atom is -0.452 e. The van der Waals surface area contributed by atoms with Gasteiger partial charge >= 0.3 is 5.97 Å². The Hall–Kier alpha value is -2.68. The van der Waals surface area contributed by atoms with Crippen molar-refractivity contribution in [2.75, 3.05) is 18.2 Å². The summed E-state index contributed by atoms with van der Waals surface area (Å²) in [4.78, 5) is 24.3. The number of carbonyl (C=O) groups excluding carboxylic acids is 2. The Morgan fingerprint density at radius 3 is 2.42 bits per heavy atom. The molecular weight excluding hydrogens is 358 g/mol. The molecule has 140 valence electrons. The third-order valence-electron chi connectivity index (χ3n) is 3.96. The lowest BCUT2D eigenvalue weighted by atomic mass is 10.1. The van der Waals surface area contributed by atoms with Crippen molar-refractivity contribution in [2.45, 2.75) is 25.7 Å². The highest BCUT2D eigenvalue weighted by Crippen LogP contribution is 2.19. The number of carbonyl (C=O) groups is 2. The molecule has 1 heterocycles. The van der Waals surface area contributed by atoms with Crippen molar-refractivity contribution < 1.29 is 22.7 Å². The lowest BCUT2D eigenvalue weighted by Crippen LogP contribution is -2.22. The second kappa shape index (κ2) is 7.28. The van der Waals surface area contributed by atoms with Crippen molar-refractivity contribution in [3.63, 3.8) is 0 Å². The van der Waals surface area contributed by atoms with E-state index >= 15 is 0 Å². The molecule has 9 heteroatoms. The molecule has 0 saturated heterocycles. The Kier molecular flexibility index (Phi) is 5.50. The molecule has 1 aromatic heterocycles. The van der Waals surface area contributed by atoms with Crippen LogP contribution in [0.5, 0.6) is 0 Å². The number of rotatable bonds is 5. The molecule has 0 spiro atoms. The van der Waals surface area contributed by atoms with Gasteiger partial charge in [0.05, 0.1) is 27.5 Å². The predicted octanol–water partition coefficient (Wildman–Crippen LogP) is 1.54. The maximum atomic E-state index is 12.2. The van der Waals surface area contributed by atoms with Crippen LogP contribution in [0.4, 0.5) is 5.69 Å². The molecule has 0 unspecified atom stereocenters. The number of hydrogen-bond donors (Lipinski definition) is 1.